The minimum Gasteiger partial charge on any atom is -0.310 e. The van der Waals surface area contributed by atoms with Gasteiger partial charge in [0.15, 0.2) is 0 Å². The fraction of sp³-hybridized carbons (Fsp3) is 0.667. The molecular weight excluding hydrogens is 249 g/mol. The molecule has 3 atom stereocenters. The van der Waals surface area contributed by atoms with Crippen LogP contribution in [0.2, 0.25) is 0 Å². The van der Waals surface area contributed by atoms with Crippen LogP contribution in [0.1, 0.15) is 64.0 Å². The van der Waals surface area contributed by atoms with Gasteiger partial charge in [0.1, 0.15) is 5.82 Å². The lowest BCUT2D eigenvalue weighted by molar-refractivity contribution is 0.209. The fourth-order valence-electron chi connectivity index (χ4n) is 3.53. The lowest BCUT2D eigenvalue weighted by Crippen LogP contribution is -2.32. The highest BCUT2D eigenvalue weighted by molar-refractivity contribution is 5.21. The van der Waals surface area contributed by atoms with Gasteiger partial charge < -0.3 is 5.32 Å². The summed E-state index contributed by atoms with van der Waals surface area (Å²) in [5.74, 6) is 1.43. The standard InChI is InChI=1S/C18H28FN/c1-3-12-20-18(15-8-10-17(19)11-9-15)16-7-5-6-14(4-2)13-16/h8-11,14,16,18,20H,3-7,12-13H2,1-2H3. The van der Waals surface area contributed by atoms with Gasteiger partial charge in [-0.2, -0.15) is 0 Å². The topological polar surface area (TPSA) is 12.0 Å². The SMILES string of the molecule is CCCNC(c1ccc(F)cc1)C1CCCC(CC)C1. The minimum atomic E-state index is -0.141. The van der Waals surface area contributed by atoms with Crippen LogP contribution in [0.15, 0.2) is 24.3 Å². The van der Waals surface area contributed by atoms with E-state index in [1.807, 2.05) is 12.1 Å². The van der Waals surface area contributed by atoms with E-state index in [-0.39, 0.29) is 5.82 Å². The Bertz CT molecular complexity index is 387. The highest BCUT2D eigenvalue weighted by Gasteiger charge is 2.28. The van der Waals surface area contributed by atoms with E-state index in [0.29, 0.717) is 12.0 Å². The first-order valence-electron chi connectivity index (χ1n) is 8.23. The Kier molecular flexibility index (Phi) is 6.03. The van der Waals surface area contributed by atoms with E-state index in [2.05, 4.69) is 19.2 Å². The molecule has 1 aliphatic carbocycles. The Morgan fingerprint density at radius 3 is 2.60 bits per heavy atom. The Morgan fingerprint density at radius 1 is 1.20 bits per heavy atom. The van der Waals surface area contributed by atoms with Gasteiger partial charge in [-0.1, -0.05) is 45.2 Å². The number of nitrogens with one attached hydrogen (secondary N) is 1. The minimum absolute atomic E-state index is 0.141. The highest BCUT2D eigenvalue weighted by Crippen LogP contribution is 2.38. The Balaban J connectivity index is 2.11. The van der Waals surface area contributed by atoms with Crippen molar-refractivity contribution in [2.75, 3.05) is 6.54 Å². The van der Waals surface area contributed by atoms with Crippen LogP contribution in [0.25, 0.3) is 0 Å². The average Bonchev–Trinajstić information content (AvgIpc) is 2.49. The predicted molar refractivity (Wildman–Crippen MR) is 83.2 cm³/mol. The van der Waals surface area contributed by atoms with Gasteiger partial charge in [0.2, 0.25) is 0 Å². The van der Waals surface area contributed by atoms with Gasteiger partial charge in [-0.25, -0.2) is 4.39 Å². The molecule has 2 rings (SSSR count). The Hall–Kier alpha value is -0.890. The van der Waals surface area contributed by atoms with E-state index >= 15 is 0 Å². The fourth-order valence-corrected chi connectivity index (χ4v) is 3.53. The second kappa shape index (κ2) is 7.78. The molecule has 1 fully saturated rings. The summed E-state index contributed by atoms with van der Waals surface area (Å²) in [5.41, 5.74) is 1.25. The third-order valence-electron chi connectivity index (χ3n) is 4.72. The third kappa shape index (κ3) is 4.05. The first kappa shape index (κ1) is 15.5. The van der Waals surface area contributed by atoms with Gasteiger partial charge in [-0.15, -0.1) is 0 Å². The first-order valence-corrected chi connectivity index (χ1v) is 8.23. The zero-order valence-corrected chi connectivity index (χ0v) is 12.9. The van der Waals surface area contributed by atoms with E-state index in [1.54, 1.807) is 12.1 Å². The molecule has 1 aromatic rings. The molecule has 0 bridgehead atoms. The van der Waals surface area contributed by atoms with Gasteiger partial charge in [0, 0.05) is 6.04 Å². The third-order valence-corrected chi connectivity index (χ3v) is 4.72. The van der Waals surface area contributed by atoms with Crippen LogP contribution in [-0.2, 0) is 0 Å². The van der Waals surface area contributed by atoms with E-state index < -0.39 is 0 Å². The number of hydrogen-bond acceptors (Lipinski definition) is 1. The summed E-state index contributed by atoms with van der Waals surface area (Å²) < 4.78 is 13.1. The molecule has 0 aromatic heterocycles. The van der Waals surface area contributed by atoms with Crippen LogP contribution in [0.3, 0.4) is 0 Å². The van der Waals surface area contributed by atoms with Crippen LogP contribution in [0, 0.1) is 17.7 Å². The Morgan fingerprint density at radius 2 is 1.95 bits per heavy atom. The maximum Gasteiger partial charge on any atom is 0.123 e. The average molecular weight is 277 g/mol. The molecule has 112 valence electrons. The molecule has 0 spiro atoms. The summed E-state index contributed by atoms with van der Waals surface area (Å²) >= 11 is 0. The lowest BCUT2D eigenvalue weighted by Gasteiger charge is -2.35. The smallest absolute Gasteiger partial charge is 0.123 e. The Labute approximate surface area is 123 Å². The van der Waals surface area contributed by atoms with Crippen molar-refractivity contribution in [1.82, 2.24) is 5.32 Å². The van der Waals surface area contributed by atoms with Crippen LogP contribution < -0.4 is 5.32 Å². The number of benzene rings is 1. The normalized spacial score (nSPS) is 24.6. The van der Waals surface area contributed by atoms with Crippen molar-refractivity contribution in [2.45, 2.75) is 58.4 Å². The van der Waals surface area contributed by atoms with E-state index in [4.69, 9.17) is 0 Å². The van der Waals surface area contributed by atoms with E-state index in [9.17, 15) is 4.39 Å². The molecule has 20 heavy (non-hydrogen) atoms. The molecule has 0 saturated heterocycles. The predicted octanol–water partition coefficient (Wildman–Crippen LogP) is 5.08. The molecule has 1 aliphatic rings. The van der Waals surface area contributed by atoms with Gasteiger partial charge in [0.05, 0.1) is 0 Å². The van der Waals surface area contributed by atoms with E-state index in [0.717, 1.165) is 18.9 Å². The molecule has 2 heteroatoms. The van der Waals surface area contributed by atoms with Crippen LogP contribution in [0.5, 0.6) is 0 Å². The molecule has 0 aliphatic heterocycles. The summed E-state index contributed by atoms with van der Waals surface area (Å²) in [6.07, 6.45) is 7.78. The number of rotatable bonds is 6. The van der Waals surface area contributed by atoms with Gasteiger partial charge in [0.25, 0.3) is 0 Å². The maximum atomic E-state index is 13.1. The van der Waals surface area contributed by atoms with Crippen molar-refractivity contribution in [3.05, 3.63) is 35.6 Å². The molecular formula is C18H28FN. The molecule has 3 unspecified atom stereocenters. The zero-order chi connectivity index (χ0) is 14.4. The molecule has 0 radical (unpaired) electrons. The maximum absolute atomic E-state index is 13.1. The number of hydrogen-bond donors (Lipinski definition) is 1. The molecule has 1 N–H and O–H groups in total. The molecule has 1 aromatic carbocycles. The summed E-state index contributed by atoms with van der Waals surface area (Å²) in [5, 5.41) is 3.70. The van der Waals surface area contributed by atoms with Crippen molar-refractivity contribution in [1.29, 1.82) is 0 Å². The number of halogens is 1. The highest BCUT2D eigenvalue weighted by atomic mass is 19.1. The van der Waals surface area contributed by atoms with Crippen molar-refractivity contribution < 1.29 is 4.39 Å². The van der Waals surface area contributed by atoms with Gasteiger partial charge in [-0.3, -0.25) is 0 Å². The van der Waals surface area contributed by atoms with E-state index in [1.165, 1.54) is 37.7 Å². The van der Waals surface area contributed by atoms with Crippen molar-refractivity contribution >= 4 is 0 Å². The monoisotopic (exact) mass is 277 g/mol. The van der Waals surface area contributed by atoms with Crippen LogP contribution in [-0.4, -0.2) is 6.54 Å². The molecule has 1 nitrogen and oxygen atoms in total. The zero-order valence-electron chi connectivity index (χ0n) is 12.9. The summed E-state index contributed by atoms with van der Waals surface area (Å²) in [4.78, 5) is 0. The van der Waals surface area contributed by atoms with Gasteiger partial charge >= 0.3 is 0 Å². The molecule has 0 amide bonds. The summed E-state index contributed by atoms with van der Waals surface area (Å²) in [6.45, 7) is 5.54. The van der Waals surface area contributed by atoms with Crippen LogP contribution >= 0.6 is 0 Å². The molecule has 1 saturated carbocycles. The second-order valence-corrected chi connectivity index (χ2v) is 6.18. The first-order chi connectivity index (χ1) is 9.74. The van der Waals surface area contributed by atoms with Crippen molar-refractivity contribution in [3.8, 4) is 0 Å². The van der Waals surface area contributed by atoms with Crippen molar-refractivity contribution in [2.24, 2.45) is 11.8 Å². The molecule has 0 heterocycles. The van der Waals surface area contributed by atoms with Crippen molar-refractivity contribution in [3.63, 3.8) is 0 Å². The largest absolute Gasteiger partial charge is 0.310 e. The quantitative estimate of drug-likeness (QED) is 0.764. The second-order valence-electron chi connectivity index (χ2n) is 6.18. The summed E-state index contributed by atoms with van der Waals surface area (Å²) in [6, 6.07) is 7.49. The van der Waals surface area contributed by atoms with Crippen LogP contribution in [0.4, 0.5) is 4.39 Å². The lowest BCUT2D eigenvalue weighted by atomic mass is 9.75. The van der Waals surface area contributed by atoms with Gasteiger partial charge in [-0.05, 0) is 55.3 Å². The summed E-state index contributed by atoms with van der Waals surface area (Å²) in [7, 11) is 0.